The van der Waals surface area contributed by atoms with Crippen LogP contribution in [-0.2, 0) is 6.54 Å². The number of hydrogen-bond donors (Lipinski definition) is 1. The molecule has 1 amide bonds. The summed E-state index contributed by atoms with van der Waals surface area (Å²) in [5.41, 5.74) is 3.80. The molecule has 1 fully saturated rings. The zero-order valence-corrected chi connectivity index (χ0v) is 15.8. The van der Waals surface area contributed by atoms with E-state index >= 15 is 0 Å². The Labute approximate surface area is 158 Å². The maximum atomic E-state index is 13.3. The number of amides is 1. The highest BCUT2D eigenvalue weighted by molar-refractivity contribution is 6.30. The van der Waals surface area contributed by atoms with Gasteiger partial charge in [0.25, 0.3) is 5.91 Å². The lowest BCUT2D eigenvalue weighted by atomic mass is 10.1. The van der Waals surface area contributed by atoms with Crippen molar-refractivity contribution in [1.82, 2.24) is 9.80 Å². The van der Waals surface area contributed by atoms with Crippen molar-refractivity contribution in [2.45, 2.75) is 13.5 Å². The van der Waals surface area contributed by atoms with Crippen LogP contribution < -0.4 is 5.32 Å². The Morgan fingerprint density at radius 1 is 1.15 bits per heavy atom. The van der Waals surface area contributed by atoms with Gasteiger partial charge < -0.3 is 10.2 Å². The molecule has 0 radical (unpaired) electrons. The molecule has 1 aliphatic rings. The minimum absolute atomic E-state index is 0.0697. The maximum Gasteiger partial charge on any atom is 0.253 e. The summed E-state index contributed by atoms with van der Waals surface area (Å²) in [7, 11) is 1.87. The van der Waals surface area contributed by atoms with Crippen LogP contribution in [0.15, 0.2) is 36.4 Å². The van der Waals surface area contributed by atoms with Gasteiger partial charge in [0.2, 0.25) is 0 Å². The molecule has 0 saturated carbocycles. The van der Waals surface area contributed by atoms with Crippen molar-refractivity contribution < 1.29 is 9.18 Å². The normalized spacial score (nSPS) is 15.2. The molecule has 1 aliphatic heterocycles. The van der Waals surface area contributed by atoms with E-state index in [1.165, 1.54) is 6.07 Å². The van der Waals surface area contributed by atoms with Crippen molar-refractivity contribution in [2.75, 3.05) is 38.5 Å². The maximum absolute atomic E-state index is 13.3. The van der Waals surface area contributed by atoms with Crippen LogP contribution in [-0.4, -0.2) is 48.9 Å². The van der Waals surface area contributed by atoms with Gasteiger partial charge in [-0.3, -0.25) is 9.69 Å². The number of piperazine rings is 1. The van der Waals surface area contributed by atoms with Crippen LogP contribution in [0.5, 0.6) is 0 Å². The van der Waals surface area contributed by atoms with Crippen molar-refractivity contribution in [2.24, 2.45) is 0 Å². The van der Waals surface area contributed by atoms with Crippen molar-refractivity contribution in [1.29, 1.82) is 0 Å². The summed E-state index contributed by atoms with van der Waals surface area (Å²) in [4.78, 5) is 16.9. The fourth-order valence-electron chi connectivity index (χ4n) is 3.27. The first-order valence-electron chi connectivity index (χ1n) is 8.72. The smallest absolute Gasteiger partial charge is 0.253 e. The average Bonchev–Trinajstić information content (AvgIpc) is 2.65. The topological polar surface area (TPSA) is 35.6 Å². The van der Waals surface area contributed by atoms with E-state index < -0.39 is 5.82 Å². The molecule has 0 aromatic heterocycles. The van der Waals surface area contributed by atoms with Gasteiger partial charge in [-0.05, 0) is 48.4 Å². The molecule has 2 aromatic rings. The first kappa shape index (κ1) is 18.7. The Morgan fingerprint density at radius 3 is 2.50 bits per heavy atom. The van der Waals surface area contributed by atoms with Gasteiger partial charge in [0.05, 0.1) is 5.02 Å². The van der Waals surface area contributed by atoms with Gasteiger partial charge in [0, 0.05) is 51.0 Å². The third kappa shape index (κ3) is 4.17. The Balaban J connectivity index is 1.58. The number of benzene rings is 2. The highest BCUT2D eigenvalue weighted by atomic mass is 35.5. The second kappa shape index (κ2) is 8.06. The molecule has 3 rings (SSSR count). The second-order valence-electron chi connectivity index (χ2n) is 6.60. The van der Waals surface area contributed by atoms with Gasteiger partial charge in [-0.2, -0.15) is 0 Å². The van der Waals surface area contributed by atoms with Crippen LogP contribution in [0.4, 0.5) is 10.1 Å². The van der Waals surface area contributed by atoms with Gasteiger partial charge in [-0.15, -0.1) is 0 Å². The van der Waals surface area contributed by atoms with E-state index in [0.29, 0.717) is 19.6 Å². The van der Waals surface area contributed by atoms with E-state index in [4.69, 9.17) is 11.6 Å². The first-order chi connectivity index (χ1) is 12.5. The Morgan fingerprint density at radius 2 is 1.88 bits per heavy atom. The molecule has 4 nitrogen and oxygen atoms in total. The summed E-state index contributed by atoms with van der Waals surface area (Å²) in [6.07, 6.45) is 0. The number of aryl methyl sites for hydroxylation is 1. The number of nitrogens with zero attached hydrogens (tertiary/aromatic N) is 2. The summed E-state index contributed by atoms with van der Waals surface area (Å²) in [5, 5.41) is 3.26. The fraction of sp³-hybridized carbons (Fsp3) is 0.350. The quantitative estimate of drug-likeness (QED) is 0.883. The minimum atomic E-state index is -0.398. The third-order valence-corrected chi connectivity index (χ3v) is 5.08. The second-order valence-corrected chi connectivity index (χ2v) is 7.00. The van der Waals surface area contributed by atoms with E-state index in [1.807, 2.05) is 37.1 Å². The molecule has 0 bridgehead atoms. The molecular formula is C20H23ClFN3O. The largest absolute Gasteiger partial charge is 0.388 e. The van der Waals surface area contributed by atoms with Crippen molar-refractivity contribution in [3.8, 4) is 0 Å². The summed E-state index contributed by atoms with van der Waals surface area (Å²) < 4.78 is 13.3. The molecule has 2 aromatic carbocycles. The number of nitrogens with one attached hydrogen (secondary N) is 1. The number of halogens is 2. The highest BCUT2D eigenvalue weighted by Gasteiger charge is 2.22. The lowest BCUT2D eigenvalue weighted by Gasteiger charge is -2.35. The van der Waals surface area contributed by atoms with Crippen LogP contribution >= 0.6 is 11.6 Å². The van der Waals surface area contributed by atoms with Crippen molar-refractivity contribution in [3.05, 3.63) is 63.9 Å². The first-order valence-corrected chi connectivity index (χ1v) is 9.09. The molecule has 1 saturated heterocycles. The molecule has 138 valence electrons. The molecular weight excluding hydrogens is 353 g/mol. The monoisotopic (exact) mass is 375 g/mol. The van der Waals surface area contributed by atoms with Crippen LogP contribution in [0.2, 0.25) is 5.02 Å². The highest BCUT2D eigenvalue weighted by Crippen LogP contribution is 2.20. The Hall–Kier alpha value is -2.11. The lowest BCUT2D eigenvalue weighted by Crippen LogP contribution is -2.48. The van der Waals surface area contributed by atoms with Crippen LogP contribution in [0, 0.1) is 12.7 Å². The SMILES string of the molecule is CNc1ccc(C(=O)N2CCN(Cc3ccc(F)c(Cl)c3)CC2)cc1C. The average molecular weight is 376 g/mol. The number of hydrogen-bond acceptors (Lipinski definition) is 3. The zero-order chi connectivity index (χ0) is 18.7. The third-order valence-electron chi connectivity index (χ3n) is 4.79. The van der Waals surface area contributed by atoms with Gasteiger partial charge in [0.1, 0.15) is 5.82 Å². The number of rotatable bonds is 4. The van der Waals surface area contributed by atoms with E-state index in [0.717, 1.165) is 35.5 Å². The van der Waals surface area contributed by atoms with Crippen molar-refractivity contribution in [3.63, 3.8) is 0 Å². The van der Waals surface area contributed by atoms with Crippen LogP contribution in [0.25, 0.3) is 0 Å². The molecule has 0 unspecified atom stereocenters. The summed E-state index contributed by atoms with van der Waals surface area (Å²) >= 11 is 5.85. The fourth-order valence-corrected chi connectivity index (χ4v) is 3.47. The number of carbonyl (C=O) groups is 1. The summed E-state index contributed by atoms with van der Waals surface area (Å²) in [5.74, 6) is -0.328. The van der Waals surface area contributed by atoms with Gasteiger partial charge in [0.15, 0.2) is 0 Å². The molecule has 0 atom stereocenters. The molecule has 0 aliphatic carbocycles. The van der Waals surface area contributed by atoms with E-state index in [1.54, 1.807) is 12.1 Å². The number of carbonyl (C=O) groups excluding carboxylic acids is 1. The zero-order valence-electron chi connectivity index (χ0n) is 15.1. The predicted molar refractivity (Wildman–Crippen MR) is 103 cm³/mol. The molecule has 6 heteroatoms. The van der Waals surface area contributed by atoms with Crippen LogP contribution in [0.1, 0.15) is 21.5 Å². The van der Waals surface area contributed by atoms with E-state index in [9.17, 15) is 9.18 Å². The van der Waals surface area contributed by atoms with E-state index in [-0.39, 0.29) is 10.9 Å². The molecule has 0 spiro atoms. The van der Waals surface area contributed by atoms with Gasteiger partial charge >= 0.3 is 0 Å². The number of anilines is 1. The lowest BCUT2D eigenvalue weighted by molar-refractivity contribution is 0.0628. The molecule has 1 N–H and O–H groups in total. The Bertz CT molecular complexity index is 804. The van der Waals surface area contributed by atoms with Crippen LogP contribution in [0.3, 0.4) is 0 Å². The van der Waals surface area contributed by atoms with E-state index in [2.05, 4.69) is 10.2 Å². The van der Waals surface area contributed by atoms with Crippen molar-refractivity contribution >= 4 is 23.2 Å². The Kier molecular flexibility index (Phi) is 5.79. The van der Waals surface area contributed by atoms with Gasteiger partial charge in [-0.25, -0.2) is 4.39 Å². The molecule has 1 heterocycles. The standard InChI is InChI=1S/C20H23ClFN3O/c1-14-11-16(4-6-19(14)23-2)20(26)25-9-7-24(8-10-25)13-15-3-5-18(22)17(21)12-15/h3-6,11-12,23H,7-10,13H2,1-2H3. The molecule has 26 heavy (non-hydrogen) atoms. The summed E-state index contributed by atoms with van der Waals surface area (Å²) in [6, 6.07) is 10.6. The predicted octanol–water partition coefficient (Wildman–Crippen LogP) is 3.79. The summed E-state index contributed by atoms with van der Waals surface area (Å²) in [6.45, 7) is 5.64. The van der Waals surface area contributed by atoms with Gasteiger partial charge in [-0.1, -0.05) is 17.7 Å². The minimum Gasteiger partial charge on any atom is -0.388 e.